The number of carbonyl (C=O) groups is 1. The van der Waals surface area contributed by atoms with Crippen molar-refractivity contribution in [2.24, 2.45) is 5.92 Å². The fourth-order valence-electron chi connectivity index (χ4n) is 2.30. The van der Waals surface area contributed by atoms with Gasteiger partial charge in [0, 0.05) is 17.9 Å². The fourth-order valence-corrected chi connectivity index (χ4v) is 2.30. The van der Waals surface area contributed by atoms with Crippen LogP contribution in [0.1, 0.15) is 41.2 Å². The van der Waals surface area contributed by atoms with Crippen molar-refractivity contribution in [3.05, 3.63) is 46.8 Å². The van der Waals surface area contributed by atoms with Gasteiger partial charge in [-0.25, -0.2) is 9.97 Å². The summed E-state index contributed by atoms with van der Waals surface area (Å²) in [5, 5.41) is 6.06. The lowest BCUT2D eigenvalue weighted by Crippen LogP contribution is -2.28. The Hall–Kier alpha value is -2.43. The Bertz CT molecular complexity index is 690. The molecule has 1 aromatic carbocycles. The molecule has 2 aromatic rings. The molecule has 0 aliphatic carbocycles. The third-order valence-corrected chi connectivity index (χ3v) is 3.24. The Morgan fingerprint density at radius 1 is 1.04 bits per heavy atom. The predicted molar refractivity (Wildman–Crippen MR) is 93.1 cm³/mol. The van der Waals surface area contributed by atoms with Gasteiger partial charge in [0.2, 0.25) is 5.95 Å². The zero-order chi connectivity index (χ0) is 17.0. The summed E-state index contributed by atoms with van der Waals surface area (Å²) in [4.78, 5) is 20.9. The Balaban J connectivity index is 2.21. The number of benzene rings is 1. The average molecular weight is 312 g/mol. The maximum atomic E-state index is 12.2. The molecule has 5 nitrogen and oxygen atoms in total. The molecule has 2 rings (SSSR count). The predicted octanol–water partition coefficient (Wildman–Crippen LogP) is 3.53. The van der Waals surface area contributed by atoms with Gasteiger partial charge in [-0.15, -0.1) is 0 Å². The van der Waals surface area contributed by atoms with Crippen LogP contribution < -0.4 is 10.6 Å². The molecule has 1 aromatic heterocycles. The molecule has 0 fully saturated rings. The minimum atomic E-state index is -0.173. The summed E-state index contributed by atoms with van der Waals surface area (Å²) in [7, 11) is 0. The lowest BCUT2D eigenvalue weighted by Gasteiger charge is -2.11. The zero-order valence-electron chi connectivity index (χ0n) is 14.4. The Morgan fingerprint density at radius 3 is 2.30 bits per heavy atom. The third-order valence-electron chi connectivity index (χ3n) is 3.24. The minimum Gasteiger partial charge on any atom is -0.350 e. The second kappa shape index (κ2) is 7.22. The molecule has 0 aliphatic heterocycles. The van der Waals surface area contributed by atoms with Crippen molar-refractivity contribution in [1.82, 2.24) is 15.3 Å². The molecule has 0 aliphatic rings. The van der Waals surface area contributed by atoms with Crippen LogP contribution in [0, 0.1) is 26.7 Å². The molecule has 0 saturated carbocycles. The molecule has 0 saturated heterocycles. The summed E-state index contributed by atoms with van der Waals surface area (Å²) >= 11 is 0. The van der Waals surface area contributed by atoms with Crippen LogP contribution in [0.3, 0.4) is 0 Å². The van der Waals surface area contributed by atoms with Crippen LogP contribution in [0.15, 0.2) is 24.3 Å². The molecule has 0 atom stereocenters. The quantitative estimate of drug-likeness (QED) is 0.886. The standard InChI is InChI=1S/C18H24N4O/c1-11(2)10-19-17(23)16-9-14(5)20-18(22-16)21-15-7-12(3)6-13(4)8-15/h6-9,11H,10H2,1-5H3,(H,19,23)(H,20,21,22). The van der Waals surface area contributed by atoms with Crippen molar-refractivity contribution in [1.29, 1.82) is 0 Å². The van der Waals surface area contributed by atoms with Gasteiger partial charge in [0.1, 0.15) is 5.69 Å². The van der Waals surface area contributed by atoms with Crippen molar-refractivity contribution >= 4 is 17.5 Å². The smallest absolute Gasteiger partial charge is 0.270 e. The van der Waals surface area contributed by atoms with E-state index in [0.29, 0.717) is 24.1 Å². The average Bonchev–Trinajstić information content (AvgIpc) is 2.42. The molecule has 0 radical (unpaired) electrons. The van der Waals surface area contributed by atoms with Gasteiger partial charge in [-0.05, 0) is 56.0 Å². The van der Waals surface area contributed by atoms with Crippen molar-refractivity contribution in [3.8, 4) is 0 Å². The van der Waals surface area contributed by atoms with Crippen molar-refractivity contribution < 1.29 is 4.79 Å². The van der Waals surface area contributed by atoms with Gasteiger partial charge in [-0.1, -0.05) is 19.9 Å². The number of aromatic nitrogens is 2. The lowest BCUT2D eigenvalue weighted by molar-refractivity contribution is 0.0944. The molecular formula is C18H24N4O. The minimum absolute atomic E-state index is 0.173. The zero-order valence-corrected chi connectivity index (χ0v) is 14.4. The van der Waals surface area contributed by atoms with E-state index >= 15 is 0 Å². The molecule has 122 valence electrons. The van der Waals surface area contributed by atoms with Crippen LogP contribution in [0.4, 0.5) is 11.6 Å². The Labute approximate surface area is 137 Å². The first-order valence-electron chi connectivity index (χ1n) is 7.82. The largest absolute Gasteiger partial charge is 0.350 e. The first kappa shape index (κ1) is 16.9. The van der Waals surface area contributed by atoms with Crippen LogP contribution >= 0.6 is 0 Å². The number of carbonyl (C=O) groups excluding carboxylic acids is 1. The van der Waals surface area contributed by atoms with Gasteiger partial charge in [0.25, 0.3) is 5.91 Å². The van der Waals surface area contributed by atoms with Crippen LogP contribution in [0.2, 0.25) is 0 Å². The molecular weight excluding hydrogens is 288 g/mol. The van der Waals surface area contributed by atoms with Crippen LogP contribution in [-0.2, 0) is 0 Å². The molecule has 23 heavy (non-hydrogen) atoms. The summed E-state index contributed by atoms with van der Waals surface area (Å²) in [6.45, 7) is 10.7. The van der Waals surface area contributed by atoms with Gasteiger partial charge in [0.15, 0.2) is 0 Å². The van der Waals surface area contributed by atoms with Crippen molar-refractivity contribution in [2.45, 2.75) is 34.6 Å². The molecule has 5 heteroatoms. The van der Waals surface area contributed by atoms with Crippen molar-refractivity contribution in [2.75, 3.05) is 11.9 Å². The van der Waals surface area contributed by atoms with E-state index in [9.17, 15) is 4.79 Å². The van der Waals surface area contributed by atoms with Crippen LogP contribution in [0.5, 0.6) is 0 Å². The number of aryl methyl sites for hydroxylation is 3. The van der Waals surface area contributed by atoms with E-state index < -0.39 is 0 Å². The van der Waals surface area contributed by atoms with Crippen LogP contribution in [0.25, 0.3) is 0 Å². The van der Waals surface area contributed by atoms with Gasteiger partial charge in [-0.3, -0.25) is 4.79 Å². The van der Waals surface area contributed by atoms with Gasteiger partial charge in [-0.2, -0.15) is 0 Å². The monoisotopic (exact) mass is 312 g/mol. The normalized spacial score (nSPS) is 10.7. The summed E-state index contributed by atoms with van der Waals surface area (Å²) in [6, 6.07) is 7.85. The van der Waals surface area contributed by atoms with E-state index in [1.807, 2.05) is 32.9 Å². The highest BCUT2D eigenvalue weighted by molar-refractivity contribution is 5.92. The molecule has 2 N–H and O–H groups in total. The van der Waals surface area contributed by atoms with Crippen LogP contribution in [-0.4, -0.2) is 22.4 Å². The number of rotatable bonds is 5. The van der Waals surface area contributed by atoms with Crippen molar-refractivity contribution in [3.63, 3.8) is 0 Å². The number of amides is 1. The number of hydrogen-bond acceptors (Lipinski definition) is 4. The van der Waals surface area contributed by atoms with E-state index in [4.69, 9.17) is 0 Å². The summed E-state index contributed by atoms with van der Waals surface area (Å²) in [5.41, 5.74) is 4.37. The van der Waals surface area contributed by atoms with Gasteiger partial charge >= 0.3 is 0 Å². The van der Waals surface area contributed by atoms with E-state index in [-0.39, 0.29) is 5.91 Å². The molecule has 0 unspecified atom stereocenters. The van der Waals surface area contributed by atoms with E-state index in [1.54, 1.807) is 6.07 Å². The highest BCUT2D eigenvalue weighted by Crippen LogP contribution is 2.17. The first-order valence-corrected chi connectivity index (χ1v) is 7.82. The topological polar surface area (TPSA) is 66.9 Å². The lowest BCUT2D eigenvalue weighted by atomic mass is 10.1. The van der Waals surface area contributed by atoms with E-state index in [2.05, 4.69) is 40.5 Å². The number of nitrogens with one attached hydrogen (secondary N) is 2. The SMILES string of the molecule is Cc1cc(C)cc(Nc2nc(C)cc(C(=O)NCC(C)C)n2)c1. The second-order valence-corrected chi connectivity index (χ2v) is 6.32. The third kappa shape index (κ3) is 5.06. The number of hydrogen-bond donors (Lipinski definition) is 2. The summed E-state index contributed by atoms with van der Waals surface area (Å²) in [6.07, 6.45) is 0. The van der Waals surface area contributed by atoms with E-state index in [1.165, 1.54) is 0 Å². The molecule has 0 bridgehead atoms. The Kier molecular flexibility index (Phi) is 5.32. The number of nitrogens with zero attached hydrogens (tertiary/aromatic N) is 2. The van der Waals surface area contributed by atoms with Gasteiger partial charge in [0.05, 0.1) is 0 Å². The maximum Gasteiger partial charge on any atom is 0.270 e. The summed E-state index contributed by atoms with van der Waals surface area (Å²) in [5.74, 6) is 0.659. The molecule has 1 heterocycles. The Morgan fingerprint density at radius 2 is 1.70 bits per heavy atom. The number of anilines is 2. The van der Waals surface area contributed by atoms with Gasteiger partial charge < -0.3 is 10.6 Å². The van der Waals surface area contributed by atoms with E-state index in [0.717, 1.165) is 22.5 Å². The first-order chi connectivity index (χ1) is 10.8. The fraction of sp³-hybridized carbons (Fsp3) is 0.389. The maximum absolute atomic E-state index is 12.2. The second-order valence-electron chi connectivity index (χ2n) is 6.32. The summed E-state index contributed by atoms with van der Waals surface area (Å²) < 4.78 is 0. The molecule has 1 amide bonds. The molecule has 0 spiro atoms. The highest BCUT2D eigenvalue weighted by Gasteiger charge is 2.11. The highest BCUT2D eigenvalue weighted by atomic mass is 16.1.